The number of amides is 1. The quantitative estimate of drug-likeness (QED) is 0.603. The topological polar surface area (TPSA) is 75.9 Å². The van der Waals surface area contributed by atoms with E-state index in [0.29, 0.717) is 42.1 Å². The number of imidazole rings is 1. The number of pyridine rings is 2. The van der Waals surface area contributed by atoms with Gasteiger partial charge in [0.25, 0.3) is 5.91 Å². The summed E-state index contributed by atoms with van der Waals surface area (Å²) >= 11 is 0. The molecule has 1 amide bonds. The molecule has 34 heavy (non-hydrogen) atoms. The average Bonchev–Trinajstić information content (AvgIpc) is 3.44. The van der Waals surface area contributed by atoms with Crippen molar-refractivity contribution >= 4 is 11.7 Å². The summed E-state index contributed by atoms with van der Waals surface area (Å²) < 4.78 is 40.2. The smallest absolute Gasteiger partial charge is 0.368 e. The Labute approximate surface area is 195 Å². The zero-order valence-corrected chi connectivity index (χ0v) is 18.9. The summed E-state index contributed by atoms with van der Waals surface area (Å²) in [6.45, 7) is 4.78. The number of carbonyl (C=O) groups is 1. The molecule has 0 spiro atoms. The molecule has 4 heterocycles. The number of anilines is 1. The second-order valence-electron chi connectivity index (χ2n) is 9.16. The molecule has 1 unspecified atom stereocenters. The van der Waals surface area contributed by atoms with Gasteiger partial charge in [-0.3, -0.25) is 4.79 Å². The summed E-state index contributed by atoms with van der Waals surface area (Å²) in [5.74, 6) is 1.27. The molecule has 3 aromatic heterocycles. The van der Waals surface area contributed by atoms with Crippen LogP contribution >= 0.6 is 0 Å². The summed E-state index contributed by atoms with van der Waals surface area (Å²) in [5, 5.41) is 3.12. The van der Waals surface area contributed by atoms with Crippen LogP contribution in [0.1, 0.15) is 40.3 Å². The van der Waals surface area contributed by atoms with Gasteiger partial charge in [-0.25, -0.2) is 15.0 Å². The van der Waals surface area contributed by atoms with Crippen LogP contribution in [0.25, 0.3) is 5.69 Å². The van der Waals surface area contributed by atoms with E-state index in [-0.39, 0.29) is 11.9 Å². The van der Waals surface area contributed by atoms with Crippen molar-refractivity contribution in [2.45, 2.75) is 38.9 Å². The van der Waals surface area contributed by atoms with Crippen LogP contribution < -0.4 is 5.32 Å². The zero-order valence-electron chi connectivity index (χ0n) is 18.9. The van der Waals surface area contributed by atoms with Crippen molar-refractivity contribution in [3.05, 3.63) is 65.6 Å². The number of aryl methyl sites for hydroxylation is 2. The van der Waals surface area contributed by atoms with Gasteiger partial charge in [-0.05, 0) is 62.8 Å². The van der Waals surface area contributed by atoms with Crippen LogP contribution in [0.2, 0.25) is 0 Å². The molecule has 5 rings (SSSR count). The van der Waals surface area contributed by atoms with Crippen molar-refractivity contribution in [1.29, 1.82) is 0 Å². The average molecular weight is 470 g/mol. The lowest BCUT2D eigenvalue weighted by Crippen LogP contribution is -2.48. The second kappa shape index (κ2) is 8.41. The van der Waals surface area contributed by atoms with Crippen molar-refractivity contribution in [3.63, 3.8) is 0 Å². The first-order chi connectivity index (χ1) is 16.2. The maximum atomic E-state index is 13.8. The predicted molar refractivity (Wildman–Crippen MR) is 120 cm³/mol. The molecule has 2 fully saturated rings. The molecular weight excluding hydrogens is 445 g/mol. The van der Waals surface area contributed by atoms with Crippen LogP contribution in [0.4, 0.5) is 19.0 Å². The number of rotatable bonds is 5. The number of aromatic nitrogens is 4. The number of alkyl halides is 3. The first kappa shape index (κ1) is 22.4. The molecule has 7 nitrogen and oxygen atoms in total. The number of halogens is 3. The summed E-state index contributed by atoms with van der Waals surface area (Å²) in [6.07, 6.45) is 1.85. The molecule has 1 saturated carbocycles. The van der Waals surface area contributed by atoms with Crippen molar-refractivity contribution in [2.24, 2.45) is 11.8 Å². The Balaban J connectivity index is 1.37. The number of likely N-dealkylation sites (tertiary alicyclic amines) is 1. The number of nitrogens with one attached hydrogen (secondary N) is 1. The Morgan fingerprint density at radius 1 is 1.09 bits per heavy atom. The van der Waals surface area contributed by atoms with Gasteiger partial charge in [-0.1, -0.05) is 0 Å². The first-order valence-corrected chi connectivity index (χ1v) is 11.3. The normalized spacial score (nSPS) is 21.8. The fraction of sp³-hybridized carbons (Fsp3) is 0.417. The SMILES string of the molecule is Cc1cn(-c2ccc(C)nc2C(=O)N2C[C@@H]3C[C@@H]3CC2CNc2ccc(C(F)(F)F)cn2)cn1. The summed E-state index contributed by atoms with van der Waals surface area (Å²) in [6, 6.07) is 5.95. The largest absolute Gasteiger partial charge is 0.417 e. The standard InChI is InChI=1S/C24H25F3N6O/c1-14-3-5-20(32-11-15(2)30-13-32)22(31-14)23(34)33-12-17-7-16(17)8-19(33)10-29-21-6-4-18(9-28-21)24(25,26)27/h3-6,9,11,13,16-17,19H,7-8,10,12H2,1-2H3,(H,28,29)/t16-,17+,19?/m1/s1. The molecule has 3 aromatic rings. The monoisotopic (exact) mass is 470 g/mol. The zero-order chi connectivity index (χ0) is 24.0. The van der Waals surface area contributed by atoms with Crippen molar-refractivity contribution in [1.82, 2.24) is 24.4 Å². The Hall–Kier alpha value is -3.43. The van der Waals surface area contributed by atoms with E-state index in [0.717, 1.165) is 36.5 Å². The van der Waals surface area contributed by atoms with Crippen molar-refractivity contribution < 1.29 is 18.0 Å². The van der Waals surface area contributed by atoms with Crippen LogP contribution in [0.3, 0.4) is 0 Å². The molecule has 0 radical (unpaired) electrons. The van der Waals surface area contributed by atoms with Gasteiger partial charge < -0.3 is 14.8 Å². The minimum absolute atomic E-state index is 0.111. The number of hydrogen-bond donors (Lipinski definition) is 1. The molecule has 1 saturated heterocycles. The third-order valence-corrected chi connectivity index (χ3v) is 6.59. The molecule has 178 valence electrons. The predicted octanol–water partition coefficient (Wildman–Crippen LogP) is 4.26. The number of piperidine rings is 1. The van der Waals surface area contributed by atoms with Gasteiger partial charge in [-0.2, -0.15) is 13.2 Å². The van der Waals surface area contributed by atoms with Gasteiger partial charge in [0.1, 0.15) is 5.82 Å². The Morgan fingerprint density at radius 3 is 2.59 bits per heavy atom. The van der Waals surface area contributed by atoms with Crippen LogP contribution in [0.5, 0.6) is 0 Å². The minimum Gasteiger partial charge on any atom is -0.368 e. The van der Waals surface area contributed by atoms with Crippen LogP contribution in [0, 0.1) is 25.7 Å². The Kier molecular flexibility index (Phi) is 5.53. The van der Waals surface area contributed by atoms with E-state index >= 15 is 0 Å². The van der Waals surface area contributed by atoms with Gasteiger partial charge in [-0.15, -0.1) is 0 Å². The lowest BCUT2D eigenvalue weighted by molar-refractivity contribution is -0.137. The van der Waals surface area contributed by atoms with E-state index in [1.807, 2.05) is 37.1 Å². The van der Waals surface area contributed by atoms with E-state index < -0.39 is 11.7 Å². The van der Waals surface area contributed by atoms with Crippen molar-refractivity contribution in [2.75, 3.05) is 18.4 Å². The molecule has 1 aliphatic heterocycles. The number of hydrogen-bond acceptors (Lipinski definition) is 5. The Bertz CT molecular complexity index is 1210. The third-order valence-electron chi connectivity index (χ3n) is 6.59. The Morgan fingerprint density at radius 2 is 1.91 bits per heavy atom. The maximum absolute atomic E-state index is 13.8. The van der Waals surface area contributed by atoms with Gasteiger partial charge in [0.15, 0.2) is 5.69 Å². The highest BCUT2D eigenvalue weighted by molar-refractivity contribution is 5.96. The summed E-state index contributed by atoms with van der Waals surface area (Å²) in [7, 11) is 0. The minimum atomic E-state index is -4.43. The second-order valence-corrected chi connectivity index (χ2v) is 9.16. The molecule has 10 heteroatoms. The van der Waals surface area contributed by atoms with E-state index in [1.54, 1.807) is 10.9 Å². The maximum Gasteiger partial charge on any atom is 0.417 e. The highest BCUT2D eigenvalue weighted by Crippen LogP contribution is 2.47. The third kappa shape index (κ3) is 4.49. The van der Waals surface area contributed by atoms with Crippen molar-refractivity contribution in [3.8, 4) is 5.69 Å². The molecular formula is C24H25F3N6O. The van der Waals surface area contributed by atoms with E-state index in [1.165, 1.54) is 6.07 Å². The van der Waals surface area contributed by atoms with E-state index in [4.69, 9.17) is 0 Å². The fourth-order valence-corrected chi connectivity index (χ4v) is 4.64. The molecule has 0 bridgehead atoms. The highest BCUT2D eigenvalue weighted by Gasteiger charge is 2.47. The van der Waals surface area contributed by atoms with Gasteiger partial charge >= 0.3 is 6.18 Å². The molecule has 2 aliphatic rings. The number of fused-ring (bicyclic) bond motifs is 1. The van der Waals surface area contributed by atoms with Gasteiger partial charge in [0, 0.05) is 37.2 Å². The van der Waals surface area contributed by atoms with E-state index in [2.05, 4.69) is 20.3 Å². The first-order valence-electron chi connectivity index (χ1n) is 11.3. The highest BCUT2D eigenvalue weighted by atomic mass is 19.4. The van der Waals surface area contributed by atoms with Crippen LogP contribution in [-0.2, 0) is 6.18 Å². The van der Waals surface area contributed by atoms with E-state index in [9.17, 15) is 18.0 Å². The van der Waals surface area contributed by atoms with Crippen LogP contribution in [-0.4, -0.2) is 49.5 Å². The molecule has 1 aliphatic carbocycles. The number of carbonyl (C=O) groups excluding carboxylic acids is 1. The molecule has 3 atom stereocenters. The number of nitrogens with zero attached hydrogens (tertiary/aromatic N) is 5. The lowest BCUT2D eigenvalue weighted by atomic mass is 10.0. The van der Waals surface area contributed by atoms with Crippen LogP contribution in [0.15, 0.2) is 43.0 Å². The van der Waals surface area contributed by atoms with Gasteiger partial charge in [0.05, 0.1) is 23.3 Å². The van der Waals surface area contributed by atoms with Gasteiger partial charge in [0.2, 0.25) is 0 Å². The lowest BCUT2D eigenvalue weighted by Gasteiger charge is -2.36. The molecule has 1 N–H and O–H groups in total. The summed E-state index contributed by atoms with van der Waals surface area (Å²) in [5.41, 5.74) is 1.83. The molecule has 0 aromatic carbocycles. The summed E-state index contributed by atoms with van der Waals surface area (Å²) in [4.78, 5) is 28.4. The fourth-order valence-electron chi connectivity index (χ4n) is 4.64.